The predicted octanol–water partition coefficient (Wildman–Crippen LogP) is 5.27. The number of nitrogens with one attached hydrogen (secondary N) is 2. The Balaban J connectivity index is 1.90. The van der Waals surface area contributed by atoms with E-state index >= 15 is 0 Å². The van der Waals surface area contributed by atoms with Crippen LogP contribution in [0.2, 0.25) is 10.0 Å². The third-order valence-electron chi connectivity index (χ3n) is 6.10. The number of amides is 2. The van der Waals surface area contributed by atoms with Crippen LogP contribution in [-0.2, 0) is 20.8 Å². The Morgan fingerprint density at radius 1 is 1.07 bits per heavy atom. The minimum atomic E-state index is -5.14. The lowest BCUT2D eigenvalue weighted by Crippen LogP contribution is -2.58. The second kappa shape index (κ2) is 13.8. The molecule has 0 fully saturated rings. The lowest BCUT2D eigenvalue weighted by Gasteiger charge is -2.30. The number of ether oxygens (including phenoxy) is 1. The lowest BCUT2D eigenvalue weighted by molar-refractivity contribution is -0.175. The summed E-state index contributed by atoms with van der Waals surface area (Å²) in [5, 5.41) is 5.39. The monoisotopic (exact) mass is 597 g/mol. The van der Waals surface area contributed by atoms with Crippen molar-refractivity contribution in [1.82, 2.24) is 15.6 Å². The SMILES string of the molecule is CC(C)[C@H](NC(=O)[C@@H](NC(=O)[C@H](Cc1cccnc1)Oc1cc(Cl)cc(Cl)c1)C1C=CC=CC1)C(=O)C(F)(F)F. The first-order valence-electron chi connectivity index (χ1n) is 12.4. The minimum absolute atomic E-state index is 0.0414. The van der Waals surface area contributed by atoms with Crippen molar-refractivity contribution >= 4 is 40.8 Å². The van der Waals surface area contributed by atoms with Gasteiger partial charge in [-0.2, -0.15) is 13.2 Å². The smallest absolute Gasteiger partial charge is 0.452 e. The Morgan fingerprint density at radius 3 is 2.33 bits per heavy atom. The summed E-state index contributed by atoms with van der Waals surface area (Å²) in [5.41, 5.74) is 0.646. The summed E-state index contributed by atoms with van der Waals surface area (Å²) in [4.78, 5) is 43.0. The van der Waals surface area contributed by atoms with Crippen LogP contribution in [0.1, 0.15) is 25.8 Å². The van der Waals surface area contributed by atoms with Crippen molar-refractivity contribution < 1.29 is 32.3 Å². The first-order valence-corrected chi connectivity index (χ1v) is 13.2. The summed E-state index contributed by atoms with van der Waals surface area (Å²) in [6.45, 7) is 2.78. The number of carbonyl (C=O) groups is 3. The van der Waals surface area contributed by atoms with E-state index in [0.29, 0.717) is 12.0 Å². The molecule has 12 heteroatoms. The number of halogens is 5. The second-order valence-electron chi connectivity index (χ2n) is 9.57. The molecule has 2 aromatic rings. The molecule has 4 atom stereocenters. The highest BCUT2D eigenvalue weighted by Gasteiger charge is 2.46. The van der Waals surface area contributed by atoms with Crippen LogP contribution in [0.4, 0.5) is 13.2 Å². The van der Waals surface area contributed by atoms with Gasteiger partial charge in [0.05, 0.1) is 6.04 Å². The van der Waals surface area contributed by atoms with Gasteiger partial charge in [0.2, 0.25) is 5.91 Å². The summed E-state index contributed by atoms with van der Waals surface area (Å²) >= 11 is 12.2. The highest BCUT2D eigenvalue weighted by atomic mass is 35.5. The molecule has 40 heavy (non-hydrogen) atoms. The number of hydrogen-bond acceptors (Lipinski definition) is 5. The van der Waals surface area contributed by atoms with Crippen LogP contribution in [0.25, 0.3) is 0 Å². The number of pyridine rings is 1. The average Bonchev–Trinajstić information content (AvgIpc) is 2.89. The zero-order valence-corrected chi connectivity index (χ0v) is 23.1. The van der Waals surface area contributed by atoms with E-state index in [4.69, 9.17) is 27.9 Å². The summed E-state index contributed by atoms with van der Waals surface area (Å²) in [7, 11) is 0. The van der Waals surface area contributed by atoms with Crippen molar-refractivity contribution in [3.05, 3.63) is 82.6 Å². The molecular formula is C28H28Cl2F3N3O4. The van der Waals surface area contributed by atoms with E-state index in [1.54, 1.807) is 48.8 Å². The fourth-order valence-corrected chi connectivity index (χ4v) is 4.60. The van der Waals surface area contributed by atoms with Crippen molar-refractivity contribution in [2.45, 2.75) is 51.1 Å². The number of nitrogens with zero attached hydrogens (tertiary/aromatic N) is 1. The van der Waals surface area contributed by atoms with E-state index in [2.05, 4.69) is 15.6 Å². The van der Waals surface area contributed by atoms with Gasteiger partial charge in [-0.3, -0.25) is 19.4 Å². The van der Waals surface area contributed by atoms with E-state index in [-0.39, 0.29) is 22.2 Å². The number of hydrogen-bond donors (Lipinski definition) is 2. The van der Waals surface area contributed by atoms with Crippen molar-refractivity contribution in [1.29, 1.82) is 0 Å². The fraction of sp³-hybridized carbons (Fsp3) is 0.357. The number of ketones is 1. The summed E-state index contributed by atoms with van der Waals surface area (Å²) < 4.78 is 45.6. The Morgan fingerprint density at radius 2 is 1.77 bits per heavy atom. The number of rotatable bonds is 11. The van der Waals surface area contributed by atoms with Crippen molar-refractivity contribution in [2.24, 2.45) is 11.8 Å². The van der Waals surface area contributed by atoms with Crippen LogP contribution in [0.15, 0.2) is 67.0 Å². The number of Topliss-reactive ketones (excluding diaryl/α,β-unsaturated/α-hetero) is 1. The van der Waals surface area contributed by atoms with Crippen LogP contribution < -0.4 is 15.4 Å². The molecule has 3 rings (SSSR count). The number of alkyl halides is 3. The van der Waals surface area contributed by atoms with Gasteiger partial charge in [-0.1, -0.05) is 67.4 Å². The fourth-order valence-electron chi connectivity index (χ4n) is 4.10. The molecule has 0 spiro atoms. The van der Waals surface area contributed by atoms with Gasteiger partial charge >= 0.3 is 6.18 Å². The predicted molar refractivity (Wildman–Crippen MR) is 145 cm³/mol. The Kier molecular flexibility index (Phi) is 10.8. The highest BCUT2D eigenvalue weighted by Crippen LogP contribution is 2.26. The molecule has 1 unspecified atom stereocenters. The largest absolute Gasteiger partial charge is 0.480 e. The zero-order chi connectivity index (χ0) is 29.4. The summed E-state index contributed by atoms with van der Waals surface area (Å²) in [5.74, 6) is -4.98. The van der Waals surface area contributed by atoms with Gasteiger partial charge < -0.3 is 15.4 Å². The number of allylic oxidation sites excluding steroid dienone is 3. The van der Waals surface area contributed by atoms with Gasteiger partial charge in [-0.25, -0.2) is 0 Å². The summed E-state index contributed by atoms with van der Waals surface area (Å²) in [6.07, 6.45) is 3.96. The van der Waals surface area contributed by atoms with Gasteiger partial charge in [0.15, 0.2) is 6.10 Å². The third-order valence-corrected chi connectivity index (χ3v) is 6.54. The molecule has 1 aliphatic rings. The van der Waals surface area contributed by atoms with E-state index in [1.807, 2.05) is 0 Å². The van der Waals surface area contributed by atoms with Gasteiger partial charge in [-0.05, 0) is 42.2 Å². The van der Waals surface area contributed by atoms with E-state index in [1.165, 1.54) is 32.0 Å². The lowest BCUT2D eigenvalue weighted by atomic mass is 9.90. The molecule has 2 N–H and O–H groups in total. The van der Waals surface area contributed by atoms with E-state index in [9.17, 15) is 27.6 Å². The Bertz CT molecular complexity index is 1250. The van der Waals surface area contributed by atoms with Gasteiger partial charge in [-0.15, -0.1) is 0 Å². The number of aromatic nitrogens is 1. The van der Waals surface area contributed by atoms with Gasteiger partial charge in [0.25, 0.3) is 11.7 Å². The maximum absolute atomic E-state index is 13.6. The van der Waals surface area contributed by atoms with Crippen molar-refractivity contribution in [3.8, 4) is 5.75 Å². The molecule has 0 aliphatic heterocycles. The molecule has 0 radical (unpaired) electrons. The average molecular weight is 598 g/mol. The zero-order valence-electron chi connectivity index (χ0n) is 21.6. The number of carbonyl (C=O) groups excluding carboxylic acids is 3. The molecular weight excluding hydrogens is 570 g/mol. The normalized spacial score (nSPS) is 17.1. The Hall–Kier alpha value is -3.37. The second-order valence-corrected chi connectivity index (χ2v) is 10.4. The molecule has 214 valence electrons. The van der Waals surface area contributed by atoms with Crippen LogP contribution >= 0.6 is 23.2 Å². The van der Waals surface area contributed by atoms with Crippen molar-refractivity contribution in [3.63, 3.8) is 0 Å². The van der Waals surface area contributed by atoms with E-state index < -0.39 is 53.8 Å². The highest BCUT2D eigenvalue weighted by molar-refractivity contribution is 6.34. The van der Waals surface area contributed by atoms with Crippen molar-refractivity contribution in [2.75, 3.05) is 0 Å². The number of benzene rings is 1. The molecule has 7 nitrogen and oxygen atoms in total. The first-order chi connectivity index (χ1) is 18.8. The van der Waals surface area contributed by atoms with Crippen LogP contribution in [-0.4, -0.2) is 46.9 Å². The molecule has 0 saturated heterocycles. The van der Waals surface area contributed by atoms with Crippen LogP contribution in [0.5, 0.6) is 5.75 Å². The van der Waals surface area contributed by atoms with Crippen LogP contribution in [0, 0.1) is 11.8 Å². The van der Waals surface area contributed by atoms with Crippen LogP contribution in [0.3, 0.4) is 0 Å². The molecule has 0 saturated carbocycles. The molecule has 1 aliphatic carbocycles. The third kappa shape index (κ3) is 8.82. The standard InChI is InChI=1S/C28H28Cl2F3N3O4/c1-16(2)23(25(37)28(31,32)33)35-27(39)24(18-8-4-3-5-9-18)36-26(38)22(11-17-7-6-10-34-15-17)40-21-13-19(29)12-20(30)14-21/h3-8,10,12-16,18,22-24H,9,11H2,1-2H3,(H,35,39)(H,36,38)/t18?,22-,23-,24-/m0/s1. The first kappa shape index (κ1) is 31.2. The quantitative estimate of drug-likeness (QED) is 0.368. The molecule has 0 bridgehead atoms. The molecule has 1 heterocycles. The summed E-state index contributed by atoms with van der Waals surface area (Å²) in [6, 6.07) is 4.70. The molecule has 2 amide bonds. The molecule has 1 aromatic carbocycles. The maximum Gasteiger partial charge on any atom is 0.452 e. The topological polar surface area (TPSA) is 97.4 Å². The van der Waals surface area contributed by atoms with Gasteiger partial charge in [0.1, 0.15) is 11.8 Å². The van der Waals surface area contributed by atoms with Gasteiger partial charge in [0, 0.05) is 34.8 Å². The molecule has 1 aromatic heterocycles. The Labute approximate surface area is 239 Å². The minimum Gasteiger partial charge on any atom is -0.480 e. The van der Waals surface area contributed by atoms with E-state index in [0.717, 1.165) is 0 Å². The maximum atomic E-state index is 13.6.